The minimum Gasteiger partial charge on any atom is -0.376 e. The van der Waals surface area contributed by atoms with Crippen molar-refractivity contribution in [2.75, 3.05) is 32.8 Å². The zero-order chi connectivity index (χ0) is 17.6. The number of benzene rings is 1. The maximum absolute atomic E-state index is 13.6. The van der Waals surface area contributed by atoms with Crippen LogP contribution in [0.4, 0.5) is 4.39 Å². The first kappa shape index (κ1) is 21.1. The van der Waals surface area contributed by atoms with E-state index in [1.54, 1.807) is 17.9 Å². The fourth-order valence-electron chi connectivity index (χ4n) is 3.48. The van der Waals surface area contributed by atoms with Crippen LogP contribution in [-0.2, 0) is 14.3 Å². The van der Waals surface area contributed by atoms with Gasteiger partial charge in [0, 0.05) is 26.2 Å². The van der Waals surface area contributed by atoms with Gasteiger partial charge in [-0.25, -0.2) is 4.39 Å². The second kappa shape index (κ2) is 10.2. The molecule has 2 fully saturated rings. The van der Waals surface area contributed by atoms with E-state index in [0.29, 0.717) is 19.7 Å². The smallest absolute Gasteiger partial charge is 0.252 e. The minimum absolute atomic E-state index is 0. The monoisotopic (exact) mass is 386 g/mol. The van der Waals surface area contributed by atoms with Gasteiger partial charge in [-0.3, -0.25) is 4.79 Å². The summed E-state index contributed by atoms with van der Waals surface area (Å²) in [5.74, 6) is -0.333. The van der Waals surface area contributed by atoms with Gasteiger partial charge in [-0.05, 0) is 43.9 Å². The fraction of sp³-hybridized carbons (Fsp3) is 0.632. The van der Waals surface area contributed by atoms with Gasteiger partial charge in [0.15, 0.2) is 0 Å². The summed E-state index contributed by atoms with van der Waals surface area (Å²) in [5, 5.41) is 3.28. The molecule has 26 heavy (non-hydrogen) atoms. The second-order valence-corrected chi connectivity index (χ2v) is 6.77. The molecule has 0 aromatic heterocycles. The van der Waals surface area contributed by atoms with Gasteiger partial charge in [0.1, 0.15) is 11.9 Å². The van der Waals surface area contributed by atoms with Crippen LogP contribution in [0.1, 0.15) is 37.8 Å². The largest absolute Gasteiger partial charge is 0.376 e. The lowest BCUT2D eigenvalue weighted by molar-refractivity contribution is -0.149. The topological polar surface area (TPSA) is 50.8 Å². The number of ether oxygens (including phenoxy) is 2. The molecule has 3 unspecified atom stereocenters. The van der Waals surface area contributed by atoms with Crippen molar-refractivity contribution in [1.29, 1.82) is 0 Å². The van der Waals surface area contributed by atoms with Crippen LogP contribution < -0.4 is 5.32 Å². The zero-order valence-corrected chi connectivity index (χ0v) is 16.0. The number of carbonyl (C=O) groups is 1. The van der Waals surface area contributed by atoms with Crippen LogP contribution in [0.2, 0.25) is 0 Å². The normalized spacial score (nSPS) is 24.6. The van der Waals surface area contributed by atoms with Crippen LogP contribution in [0.3, 0.4) is 0 Å². The predicted octanol–water partition coefficient (Wildman–Crippen LogP) is 2.69. The van der Waals surface area contributed by atoms with E-state index in [9.17, 15) is 9.18 Å². The molecule has 1 aromatic carbocycles. The van der Waals surface area contributed by atoms with Gasteiger partial charge in [0.2, 0.25) is 0 Å². The Morgan fingerprint density at radius 1 is 1.46 bits per heavy atom. The molecule has 1 N–H and O–H groups in total. The third-order valence-corrected chi connectivity index (χ3v) is 4.91. The molecular weight excluding hydrogens is 359 g/mol. The summed E-state index contributed by atoms with van der Waals surface area (Å²) in [5.41, 5.74) is 0.809. The Morgan fingerprint density at radius 3 is 3.04 bits per heavy atom. The van der Waals surface area contributed by atoms with Crippen molar-refractivity contribution in [3.8, 4) is 0 Å². The van der Waals surface area contributed by atoms with E-state index >= 15 is 0 Å². The average Bonchev–Trinajstić information content (AvgIpc) is 2.66. The number of amides is 1. The third-order valence-electron chi connectivity index (χ3n) is 4.91. The minimum atomic E-state index is -0.528. The molecule has 3 rings (SSSR count). The summed E-state index contributed by atoms with van der Waals surface area (Å²) in [7, 11) is 0. The van der Waals surface area contributed by atoms with Crippen molar-refractivity contribution in [2.45, 2.75) is 44.4 Å². The van der Waals surface area contributed by atoms with E-state index in [1.165, 1.54) is 12.1 Å². The van der Waals surface area contributed by atoms with E-state index in [4.69, 9.17) is 9.47 Å². The summed E-state index contributed by atoms with van der Waals surface area (Å²) in [6.45, 7) is 4.95. The van der Waals surface area contributed by atoms with Crippen LogP contribution >= 0.6 is 12.4 Å². The van der Waals surface area contributed by atoms with Gasteiger partial charge in [-0.2, -0.15) is 0 Å². The highest BCUT2D eigenvalue weighted by Crippen LogP contribution is 2.24. The summed E-state index contributed by atoms with van der Waals surface area (Å²) >= 11 is 0. The molecule has 1 aromatic rings. The standard InChI is InChI=1S/C19H27FN2O3.ClH/c1-14(25-13-17-7-2-3-10-24-17)19(23)22-9-8-21-12-18(22)15-5-4-6-16(20)11-15;/h4-6,11,14,17-18,21H,2-3,7-10,12-13H2,1H3;1H. The number of piperazine rings is 1. The van der Waals surface area contributed by atoms with Crippen molar-refractivity contribution in [3.63, 3.8) is 0 Å². The average molecular weight is 387 g/mol. The van der Waals surface area contributed by atoms with E-state index in [1.807, 2.05) is 6.07 Å². The van der Waals surface area contributed by atoms with E-state index in [-0.39, 0.29) is 36.3 Å². The maximum atomic E-state index is 13.6. The lowest BCUT2D eigenvalue weighted by Gasteiger charge is -2.38. The Morgan fingerprint density at radius 2 is 2.31 bits per heavy atom. The number of carbonyl (C=O) groups excluding carboxylic acids is 1. The summed E-state index contributed by atoms with van der Waals surface area (Å²) in [6.07, 6.45) is 2.79. The Bertz CT molecular complexity index is 584. The molecule has 146 valence electrons. The van der Waals surface area contributed by atoms with E-state index in [2.05, 4.69) is 5.32 Å². The van der Waals surface area contributed by atoms with Crippen LogP contribution in [-0.4, -0.2) is 55.9 Å². The van der Waals surface area contributed by atoms with Gasteiger partial charge >= 0.3 is 0 Å². The van der Waals surface area contributed by atoms with E-state index < -0.39 is 6.10 Å². The number of hydrogen-bond donors (Lipinski definition) is 1. The van der Waals surface area contributed by atoms with Crippen LogP contribution in [0.5, 0.6) is 0 Å². The van der Waals surface area contributed by atoms with Crippen molar-refractivity contribution in [2.24, 2.45) is 0 Å². The molecule has 2 aliphatic heterocycles. The SMILES string of the molecule is CC(OCC1CCCCO1)C(=O)N1CCNCC1c1cccc(F)c1.Cl. The lowest BCUT2D eigenvalue weighted by atomic mass is 10.0. The Kier molecular flexibility index (Phi) is 8.28. The fourth-order valence-corrected chi connectivity index (χ4v) is 3.48. The predicted molar refractivity (Wildman–Crippen MR) is 100.0 cm³/mol. The molecule has 2 saturated heterocycles. The van der Waals surface area contributed by atoms with Crippen molar-refractivity contribution in [1.82, 2.24) is 10.2 Å². The van der Waals surface area contributed by atoms with Crippen LogP contribution in [0.25, 0.3) is 0 Å². The van der Waals surface area contributed by atoms with Gasteiger partial charge in [-0.1, -0.05) is 12.1 Å². The van der Waals surface area contributed by atoms with Crippen LogP contribution in [0, 0.1) is 5.82 Å². The summed E-state index contributed by atoms with van der Waals surface area (Å²) in [6, 6.07) is 6.29. The van der Waals surface area contributed by atoms with Crippen molar-refractivity contribution in [3.05, 3.63) is 35.6 Å². The van der Waals surface area contributed by atoms with Gasteiger partial charge in [-0.15, -0.1) is 12.4 Å². The van der Waals surface area contributed by atoms with Crippen LogP contribution in [0.15, 0.2) is 24.3 Å². The summed E-state index contributed by atoms with van der Waals surface area (Å²) < 4.78 is 25.0. The molecular formula is C19H28ClFN2O3. The molecule has 0 saturated carbocycles. The number of hydrogen-bond acceptors (Lipinski definition) is 4. The number of rotatable bonds is 5. The van der Waals surface area contributed by atoms with Gasteiger partial charge < -0.3 is 19.7 Å². The highest BCUT2D eigenvalue weighted by atomic mass is 35.5. The quantitative estimate of drug-likeness (QED) is 0.845. The first-order valence-electron chi connectivity index (χ1n) is 9.15. The Hall–Kier alpha value is -1.21. The number of halogens is 2. The molecule has 7 heteroatoms. The van der Waals surface area contributed by atoms with Crippen molar-refractivity contribution < 1.29 is 18.7 Å². The number of nitrogens with zero attached hydrogens (tertiary/aromatic N) is 1. The molecule has 5 nitrogen and oxygen atoms in total. The molecule has 0 bridgehead atoms. The molecule has 1 amide bonds. The Balaban J connectivity index is 0.00000243. The second-order valence-electron chi connectivity index (χ2n) is 6.77. The third kappa shape index (κ3) is 5.39. The molecule has 0 spiro atoms. The van der Waals surface area contributed by atoms with E-state index in [0.717, 1.165) is 38.0 Å². The molecule has 0 aliphatic carbocycles. The van der Waals surface area contributed by atoms with Gasteiger partial charge in [0.05, 0.1) is 18.8 Å². The summed E-state index contributed by atoms with van der Waals surface area (Å²) in [4.78, 5) is 14.7. The molecule has 2 heterocycles. The molecule has 2 aliphatic rings. The maximum Gasteiger partial charge on any atom is 0.252 e. The molecule has 3 atom stereocenters. The zero-order valence-electron chi connectivity index (χ0n) is 15.2. The highest BCUT2D eigenvalue weighted by molar-refractivity contribution is 5.85. The first-order chi connectivity index (χ1) is 12.1. The Labute approximate surface area is 160 Å². The highest BCUT2D eigenvalue weighted by Gasteiger charge is 2.31. The molecule has 0 radical (unpaired) electrons. The number of nitrogens with one attached hydrogen (secondary N) is 1. The first-order valence-corrected chi connectivity index (χ1v) is 9.15. The van der Waals surface area contributed by atoms with Gasteiger partial charge in [0.25, 0.3) is 5.91 Å². The lowest BCUT2D eigenvalue weighted by Crippen LogP contribution is -2.51. The van der Waals surface area contributed by atoms with Crippen molar-refractivity contribution >= 4 is 18.3 Å².